The smallest absolute Gasteiger partial charge is 0.334 e. The highest BCUT2D eigenvalue weighted by Crippen LogP contribution is 2.33. The highest BCUT2D eigenvalue weighted by atomic mass is 16.6. The number of benzene rings is 2. The second-order valence-electron chi connectivity index (χ2n) is 5.14. The first kappa shape index (κ1) is 15.5. The van der Waals surface area contributed by atoms with Crippen molar-refractivity contribution < 1.29 is 9.66 Å². The molecule has 1 aromatic heterocycles. The van der Waals surface area contributed by atoms with Gasteiger partial charge in [0.2, 0.25) is 5.82 Å². The SMILES string of the molecule is COc1ccc(Nc2c([N+](=O)[O-])c(C)nn2-c2ccccc2)cc1. The topological polar surface area (TPSA) is 82.2 Å². The molecule has 0 aliphatic carbocycles. The molecule has 7 nitrogen and oxygen atoms in total. The Morgan fingerprint density at radius 1 is 1.12 bits per heavy atom. The number of hydrogen-bond acceptors (Lipinski definition) is 5. The van der Waals surface area contributed by atoms with Crippen LogP contribution < -0.4 is 10.1 Å². The van der Waals surface area contributed by atoms with Crippen LogP contribution in [0.2, 0.25) is 0 Å². The quantitative estimate of drug-likeness (QED) is 0.569. The fraction of sp³-hybridized carbons (Fsp3) is 0.118. The predicted molar refractivity (Wildman–Crippen MR) is 91.2 cm³/mol. The average Bonchev–Trinajstić information content (AvgIpc) is 2.92. The van der Waals surface area contributed by atoms with E-state index in [1.54, 1.807) is 38.3 Å². The van der Waals surface area contributed by atoms with Crippen LogP contribution in [0.5, 0.6) is 5.75 Å². The van der Waals surface area contributed by atoms with Crippen molar-refractivity contribution in [2.45, 2.75) is 6.92 Å². The third-order valence-electron chi connectivity index (χ3n) is 3.56. The van der Waals surface area contributed by atoms with Crippen molar-refractivity contribution in [1.82, 2.24) is 9.78 Å². The first-order valence-electron chi connectivity index (χ1n) is 7.30. The van der Waals surface area contributed by atoms with Gasteiger partial charge in [-0.1, -0.05) is 18.2 Å². The molecule has 0 fully saturated rings. The number of methoxy groups -OCH3 is 1. The van der Waals surface area contributed by atoms with E-state index in [1.807, 2.05) is 30.3 Å². The summed E-state index contributed by atoms with van der Waals surface area (Å²) >= 11 is 0. The molecule has 1 heterocycles. The Bertz CT molecular complexity index is 858. The largest absolute Gasteiger partial charge is 0.497 e. The van der Waals surface area contributed by atoms with Crippen molar-refractivity contribution in [3.63, 3.8) is 0 Å². The second kappa shape index (κ2) is 6.41. The van der Waals surface area contributed by atoms with Gasteiger partial charge in [0.1, 0.15) is 11.4 Å². The first-order chi connectivity index (χ1) is 11.6. The van der Waals surface area contributed by atoms with E-state index in [-0.39, 0.29) is 5.69 Å². The van der Waals surface area contributed by atoms with Gasteiger partial charge in [-0.25, -0.2) is 4.68 Å². The minimum atomic E-state index is -0.423. The number of para-hydroxylation sites is 1. The summed E-state index contributed by atoms with van der Waals surface area (Å²) in [6, 6.07) is 16.4. The van der Waals surface area contributed by atoms with E-state index in [1.165, 1.54) is 4.68 Å². The monoisotopic (exact) mass is 324 g/mol. The number of rotatable bonds is 5. The maximum Gasteiger partial charge on any atom is 0.334 e. The molecule has 0 amide bonds. The molecule has 0 aliphatic rings. The molecule has 0 spiro atoms. The lowest BCUT2D eigenvalue weighted by atomic mass is 10.3. The van der Waals surface area contributed by atoms with E-state index in [4.69, 9.17) is 4.74 Å². The minimum absolute atomic E-state index is 0.0466. The van der Waals surface area contributed by atoms with Crippen LogP contribution in [0, 0.1) is 17.0 Å². The molecule has 0 unspecified atom stereocenters. The molecular weight excluding hydrogens is 308 g/mol. The number of hydrogen-bond donors (Lipinski definition) is 1. The normalized spacial score (nSPS) is 10.4. The fourth-order valence-electron chi connectivity index (χ4n) is 2.42. The Labute approximate surface area is 138 Å². The zero-order valence-corrected chi connectivity index (χ0v) is 13.3. The molecule has 0 bridgehead atoms. The summed E-state index contributed by atoms with van der Waals surface area (Å²) in [6.45, 7) is 1.62. The molecule has 24 heavy (non-hydrogen) atoms. The summed E-state index contributed by atoms with van der Waals surface area (Å²) in [4.78, 5) is 11.0. The number of ether oxygens (including phenoxy) is 1. The number of nitrogens with zero attached hydrogens (tertiary/aromatic N) is 3. The Morgan fingerprint density at radius 2 is 1.79 bits per heavy atom. The lowest BCUT2D eigenvalue weighted by Gasteiger charge is -2.10. The van der Waals surface area contributed by atoms with Crippen LogP contribution in [0.4, 0.5) is 17.2 Å². The first-order valence-corrected chi connectivity index (χ1v) is 7.30. The molecular formula is C17H16N4O3. The van der Waals surface area contributed by atoms with Gasteiger partial charge in [0.15, 0.2) is 0 Å². The van der Waals surface area contributed by atoms with Gasteiger partial charge >= 0.3 is 5.69 Å². The number of aryl methyl sites for hydroxylation is 1. The van der Waals surface area contributed by atoms with Crippen molar-refractivity contribution in [2.24, 2.45) is 0 Å². The summed E-state index contributed by atoms with van der Waals surface area (Å²) in [5.41, 5.74) is 1.75. The minimum Gasteiger partial charge on any atom is -0.497 e. The van der Waals surface area contributed by atoms with Crippen LogP contribution in [0.1, 0.15) is 5.69 Å². The summed E-state index contributed by atoms with van der Waals surface area (Å²) in [5, 5.41) is 18.9. The van der Waals surface area contributed by atoms with Gasteiger partial charge < -0.3 is 10.1 Å². The lowest BCUT2D eigenvalue weighted by molar-refractivity contribution is -0.384. The summed E-state index contributed by atoms with van der Waals surface area (Å²) < 4.78 is 6.66. The molecule has 1 N–H and O–H groups in total. The Hall–Kier alpha value is -3.35. The number of anilines is 2. The average molecular weight is 324 g/mol. The maximum absolute atomic E-state index is 11.5. The van der Waals surface area contributed by atoms with Crippen LogP contribution in [0.25, 0.3) is 5.69 Å². The van der Waals surface area contributed by atoms with Crippen molar-refractivity contribution >= 4 is 17.2 Å². The Balaban J connectivity index is 2.08. The van der Waals surface area contributed by atoms with Crippen molar-refractivity contribution in [2.75, 3.05) is 12.4 Å². The van der Waals surface area contributed by atoms with Gasteiger partial charge in [-0.3, -0.25) is 10.1 Å². The van der Waals surface area contributed by atoms with Gasteiger partial charge in [0, 0.05) is 5.69 Å². The van der Waals surface area contributed by atoms with Gasteiger partial charge in [-0.05, 0) is 43.3 Å². The number of aromatic nitrogens is 2. The summed E-state index contributed by atoms with van der Waals surface area (Å²) in [5.74, 6) is 1.02. The third-order valence-corrected chi connectivity index (χ3v) is 3.56. The van der Waals surface area contributed by atoms with E-state index in [0.29, 0.717) is 22.9 Å². The molecule has 2 aromatic carbocycles. The van der Waals surface area contributed by atoms with Gasteiger partial charge in [0.05, 0.1) is 17.7 Å². The summed E-state index contributed by atoms with van der Waals surface area (Å²) in [7, 11) is 1.58. The molecule has 0 saturated carbocycles. The predicted octanol–water partition coefficient (Wildman–Crippen LogP) is 3.84. The van der Waals surface area contributed by atoms with Crippen LogP contribution in [0.3, 0.4) is 0 Å². The van der Waals surface area contributed by atoms with Crippen LogP contribution in [-0.4, -0.2) is 21.8 Å². The fourth-order valence-corrected chi connectivity index (χ4v) is 2.42. The van der Waals surface area contributed by atoms with Gasteiger partial charge in [-0.15, -0.1) is 0 Å². The van der Waals surface area contributed by atoms with Crippen molar-refractivity contribution in [3.05, 3.63) is 70.4 Å². The van der Waals surface area contributed by atoms with Crippen molar-refractivity contribution in [1.29, 1.82) is 0 Å². The number of nitrogens with one attached hydrogen (secondary N) is 1. The molecule has 0 saturated heterocycles. The maximum atomic E-state index is 11.5. The third kappa shape index (κ3) is 2.91. The van der Waals surface area contributed by atoms with Crippen LogP contribution in [-0.2, 0) is 0 Å². The standard InChI is InChI=1S/C17H16N4O3/c1-12-16(21(22)23)17(18-13-8-10-15(24-2)11-9-13)20(19-12)14-6-4-3-5-7-14/h3-11,18H,1-2H3. The molecule has 3 rings (SSSR count). The molecule has 0 radical (unpaired) electrons. The van der Waals surface area contributed by atoms with Crippen molar-refractivity contribution in [3.8, 4) is 11.4 Å². The van der Waals surface area contributed by atoms with E-state index in [9.17, 15) is 10.1 Å². The highest BCUT2D eigenvalue weighted by Gasteiger charge is 2.26. The number of nitro groups is 1. The second-order valence-corrected chi connectivity index (χ2v) is 5.14. The van der Waals surface area contributed by atoms with E-state index >= 15 is 0 Å². The molecule has 0 aliphatic heterocycles. The van der Waals surface area contributed by atoms with Crippen LogP contribution >= 0.6 is 0 Å². The van der Waals surface area contributed by atoms with Gasteiger partial charge in [-0.2, -0.15) is 5.10 Å². The summed E-state index contributed by atoms with van der Waals surface area (Å²) in [6.07, 6.45) is 0. The Kier molecular flexibility index (Phi) is 4.15. The molecule has 122 valence electrons. The van der Waals surface area contributed by atoms with E-state index in [2.05, 4.69) is 10.4 Å². The Morgan fingerprint density at radius 3 is 2.38 bits per heavy atom. The zero-order chi connectivity index (χ0) is 17.1. The van der Waals surface area contributed by atoms with Gasteiger partial charge in [0.25, 0.3) is 0 Å². The zero-order valence-electron chi connectivity index (χ0n) is 13.3. The van der Waals surface area contributed by atoms with E-state index < -0.39 is 4.92 Å². The lowest BCUT2D eigenvalue weighted by Crippen LogP contribution is -2.04. The molecule has 7 heteroatoms. The van der Waals surface area contributed by atoms with Crippen LogP contribution in [0.15, 0.2) is 54.6 Å². The molecule has 3 aromatic rings. The molecule has 0 atom stereocenters. The highest BCUT2D eigenvalue weighted by molar-refractivity contribution is 5.70. The van der Waals surface area contributed by atoms with E-state index in [0.717, 1.165) is 5.69 Å².